The molecule has 0 atom stereocenters. The molecule has 20 heavy (non-hydrogen) atoms. The van der Waals surface area contributed by atoms with Crippen LogP contribution in [0.1, 0.15) is 28.4 Å². The normalized spacial score (nSPS) is 11.0. The average Bonchev–Trinajstić information content (AvgIpc) is 2.35. The summed E-state index contributed by atoms with van der Waals surface area (Å²) in [5.74, 6) is -0.900. The molecule has 0 unspecified atom stereocenters. The second-order valence-electron chi connectivity index (χ2n) is 3.54. The summed E-state index contributed by atoms with van der Waals surface area (Å²) >= 11 is -0.429. The van der Waals surface area contributed by atoms with Crippen molar-refractivity contribution in [3.05, 3.63) is 28.8 Å². The van der Waals surface area contributed by atoms with Gasteiger partial charge in [-0.05, 0) is 36.4 Å². The number of nitrogens with zero attached hydrogens (tertiary/aromatic N) is 1. The Bertz CT molecular complexity index is 552. The molecule has 0 saturated carbocycles. The molecule has 0 aliphatic heterocycles. The van der Waals surface area contributed by atoms with Gasteiger partial charge in [0.2, 0.25) is 0 Å². The first-order valence-electron chi connectivity index (χ1n) is 5.43. The van der Waals surface area contributed by atoms with Gasteiger partial charge in [-0.15, -0.1) is 0 Å². The van der Waals surface area contributed by atoms with Gasteiger partial charge in [0.05, 0.1) is 24.3 Å². The van der Waals surface area contributed by atoms with E-state index < -0.39 is 29.8 Å². The topological polar surface area (TPSA) is 70.3 Å². The molecule has 108 valence electrons. The molecule has 4 nitrogen and oxygen atoms in total. The smallest absolute Gasteiger partial charge is 0.446 e. The Morgan fingerprint density at radius 1 is 1.50 bits per heavy atom. The van der Waals surface area contributed by atoms with Crippen LogP contribution in [0.25, 0.3) is 0 Å². The number of thioether (sulfide) groups is 1. The number of nitriles is 1. The highest BCUT2D eigenvalue weighted by atomic mass is 32.2. The van der Waals surface area contributed by atoms with Crippen LogP contribution in [-0.4, -0.2) is 23.2 Å². The second kappa shape index (κ2) is 6.63. The van der Waals surface area contributed by atoms with E-state index in [4.69, 9.17) is 15.1 Å². The van der Waals surface area contributed by atoms with E-state index in [1.165, 1.54) is 6.92 Å². The lowest BCUT2D eigenvalue weighted by Gasteiger charge is -2.11. The third kappa shape index (κ3) is 4.15. The second-order valence-corrected chi connectivity index (χ2v) is 4.68. The first-order chi connectivity index (χ1) is 9.32. The molecule has 1 aromatic carbocycles. The summed E-state index contributed by atoms with van der Waals surface area (Å²) in [6.45, 7) is 0.904. The van der Waals surface area contributed by atoms with Crippen LogP contribution >= 0.6 is 11.8 Å². The van der Waals surface area contributed by atoms with Crippen molar-refractivity contribution in [2.45, 2.75) is 23.9 Å². The number of ether oxygens (including phenoxy) is 1. The minimum absolute atomic E-state index is 0.0226. The van der Waals surface area contributed by atoms with Gasteiger partial charge in [0, 0.05) is 4.90 Å². The zero-order chi connectivity index (χ0) is 15.3. The molecule has 8 heteroatoms. The van der Waals surface area contributed by atoms with E-state index >= 15 is 0 Å². The number of carbonyl (C=O) groups is 1. The fourth-order valence-corrected chi connectivity index (χ4v) is 2.14. The van der Waals surface area contributed by atoms with E-state index in [-0.39, 0.29) is 28.2 Å². The Labute approximate surface area is 117 Å². The number of aliphatic hydroxyl groups is 1. The summed E-state index contributed by atoms with van der Waals surface area (Å²) in [7, 11) is 0. The van der Waals surface area contributed by atoms with Gasteiger partial charge in [0.1, 0.15) is 6.07 Å². The van der Waals surface area contributed by atoms with Crippen LogP contribution in [0.3, 0.4) is 0 Å². The van der Waals surface area contributed by atoms with Crippen molar-refractivity contribution in [3.8, 4) is 6.07 Å². The molecule has 0 aromatic heterocycles. The summed E-state index contributed by atoms with van der Waals surface area (Å²) in [5, 5.41) is 18.1. The first-order valence-corrected chi connectivity index (χ1v) is 6.24. The Kier molecular flexibility index (Phi) is 5.42. The highest BCUT2D eigenvalue weighted by Gasteiger charge is 2.30. The minimum Gasteiger partial charge on any atom is -0.462 e. The molecule has 1 N–H and O–H groups in total. The molecular formula is C12H10F3NO3S. The molecule has 0 radical (unpaired) electrons. The number of halogens is 3. The van der Waals surface area contributed by atoms with Crippen molar-refractivity contribution in [1.82, 2.24) is 0 Å². The van der Waals surface area contributed by atoms with Gasteiger partial charge in [-0.1, -0.05) is 0 Å². The fourth-order valence-electron chi connectivity index (χ4n) is 1.49. The summed E-state index contributed by atoms with van der Waals surface area (Å²) in [6.07, 6.45) is 0. The molecular weight excluding hydrogens is 295 g/mol. The Morgan fingerprint density at radius 2 is 2.15 bits per heavy atom. The van der Waals surface area contributed by atoms with Crippen molar-refractivity contribution < 1.29 is 27.8 Å². The summed E-state index contributed by atoms with van der Waals surface area (Å²) in [5.41, 5.74) is -5.05. The van der Waals surface area contributed by atoms with Crippen LogP contribution in [0, 0.1) is 11.3 Å². The van der Waals surface area contributed by atoms with E-state index in [9.17, 15) is 18.0 Å². The fraction of sp³-hybridized carbons (Fsp3) is 0.333. The molecule has 0 heterocycles. The van der Waals surface area contributed by atoms with Gasteiger partial charge in [0.15, 0.2) is 0 Å². The van der Waals surface area contributed by atoms with Gasteiger partial charge >= 0.3 is 11.5 Å². The van der Waals surface area contributed by atoms with Crippen LogP contribution in [0.5, 0.6) is 0 Å². The van der Waals surface area contributed by atoms with E-state index in [0.717, 1.165) is 12.1 Å². The number of esters is 1. The maximum atomic E-state index is 12.4. The Hall–Kier alpha value is -1.72. The molecule has 0 bridgehead atoms. The lowest BCUT2D eigenvalue weighted by Crippen LogP contribution is -2.10. The molecule has 0 saturated heterocycles. The number of benzene rings is 1. The maximum Gasteiger partial charge on any atom is 0.446 e. The third-order valence-corrected chi connectivity index (χ3v) is 2.91. The van der Waals surface area contributed by atoms with Crippen molar-refractivity contribution >= 4 is 17.7 Å². The highest BCUT2D eigenvalue weighted by molar-refractivity contribution is 8.00. The predicted molar refractivity (Wildman–Crippen MR) is 64.9 cm³/mol. The summed E-state index contributed by atoms with van der Waals surface area (Å²) in [4.78, 5) is 11.4. The van der Waals surface area contributed by atoms with E-state index in [0.29, 0.717) is 0 Å². The van der Waals surface area contributed by atoms with Crippen molar-refractivity contribution in [2.24, 2.45) is 0 Å². The SMILES string of the molecule is CCOC(=O)c1cc(SC(F)(F)F)cc(CO)c1C#N. The summed E-state index contributed by atoms with van der Waals surface area (Å²) in [6, 6.07) is 3.66. The Morgan fingerprint density at radius 3 is 2.60 bits per heavy atom. The molecule has 0 amide bonds. The molecule has 1 aromatic rings. The number of hydrogen-bond donors (Lipinski definition) is 1. The lowest BCUT2D eigenvalue weighted by molar-refractivity contribution is -0.0328. The Balaban J connectivity index is 3.35. The quantitative estimate of drug-likeness (QED) is 0.684. The number of hydrogen-bond acceptors (Lipinski definition) is 5. The molecule has 0 spiro atoms. The zero-order valence-electron chi connectivity index (χ0n) is 10.3. The van der Waals surface area contributed by atoms with Crippen LogP contribution in [0.4, 0.5) is 13.2 Å². The van der Waals surface area contributed by atoms with Gasteiger partial charge in [-0.3, -0.25) is 0 Å². The monoisotopic (exact) mass is 305 g/mol. The van der Waals surface area contributed by atoms with E-state index in [1.807, 2.05) is 0 Å². The van der Waals surface area contributed by atoms with Gasteiger partial charge in [0.25, 0.3) is 0 Å². The first kappa shape index (κ1) is 16.3. The average molecular weight is 305 g/mol. The van der Waals surface area contributed by atoms with Gasteiger partial charge in [-0.2, -0.15) is 18.4 Å². The number of carbonyl (C=O) groups excluding carboxylic acids is 1. The molecule has 0 fully saturated rings. The van der Waals surface area contributed by atoms with Gasteiger partial charge < -0.3 is 9.84 Å². The largest absolute Gasteiger partial charge is 0.462 e. The minimum atomic E-state index is -4.53. The van der Waals surface area contributed by atoms with Crippen LogP contribution in [0.2, 0.25) is 0 Å². The van der Waals surface area contributed by atoms with E-state index in [1.54, 1.807) is 6.07 Å². The molecule has 0 aliphatic rings. The predicted octanol–water partition coefficient (Wildman–Crippen LogP) is 2.84. The highest BCUT2D eigenvalue weighted by Crippen LogP contribution is 2.38. The van der Waals surface area contributed by atoms with Crippen molar-refractivity contribution in [1.29, 1.82) is 5.26 Å². The third-order valence-electron chi connectivity index (χ3n) is 2.20. The van der Waals surface area contributed by atoms with Crippen molar-refractivity contribution in [2.75, 3.05) is 6.61 Å². The summed E-state index contributed by atoms with van der Waals surface area (Å²) < 4.78 is 41.8. The van der Waals surface area contributed by atoms with Crippen molar-refractivity contribution in [3.63, 3.8) is 0 Å². The number of rotatable bonds is 4. The zero-order valence-corrected chi connectivity index (χ0v) is 11.1. The standard InChI is InChI=1S/C12H10F3NO3S/c1-2-19-11(18)9-4-8(20-12(13,14)15)3-7(6-17)10(9)5-16/h3-4,17H,2,6H2,1H3. The molecule has 1 rings (SSSR count). The number of alkyl halides is 3. The maximum absolute atomic E-state index is 12.4. The van der Waals surface area contributed by atoms with Crippen LogP contribution in [0.15, 0.2) is 17.0 Å². The van der Waals surface area contributed by atoms with Crippen LogP contribution < -0.4 is 0 Å². The van der Waals surface area contributed by atoms with Gasteiger partial charge in [-0.25, -0.2) is 4.79 Å². The lowest BCUT2D eigenvalue weighted by atomic mass is 10.0. The van der Waals surface area contributed by atoms with Crippen LogP contribution in [-0.2, 0) is 11.3 Å². The molecule has 0 aliphatic carbocycles. The van der Waals surface area contributed by atoms with E-state index in [2.05, 4.69) is 0 Å². The number of aliphatic hydroxyl groups excluding tert-OH is 1.